The lowest BCUT2D eigenvalue weighted by molar-refractivity contribution is -0.140. The first-order chi connectivity index (χ1) is 9.35. The Bertz CT molecular complexity index is 505. The van der Waals surface area contributed by atoms with E-state index in [1.165, 1.54) is 0 Å². The van der Waals surface area contributed by atoms with Crippen LogP contribution in [-0.2, 0) is 4.79 Å². The van der Waals surface area contributed by atoms with Crippen LogP contribution in [0.2, 0.25) is 5.02 Å². The summed E-state index contributed by atoms with van der Waals surface area (Å²) >= 11 is 5.86. The number of carbonyl (C=O) groups is 2. The first-order valence-electron chi connectivity index (χ1n) is 6.41. The number of benzene rings is 1. The Balaban J connectivity index is 2.75. The number of halogens is 1. The van der Waals surface area contributed by atoms with Gasteiger partial charge in [-0.25, -0.2) is 9.59 Å². The molecule has 0 unspecified atom stereocenters. The highest BCUT2D eigenvalue weighted by atomic mass is 35.5. The summed E-state index contributed by atoms with van der Waals surface area (Å²) in [6, 6.07) is 3.65. The van der Waals surface area contributed by atoms with Gasteiger partial charge in [-0.05, 0) is 30.5 Å². The predicted molar refractivity (Wildman–Crippen MR) is 79.2 cm³/mol. The minimum Gasteiger partial charge on any atom is -0.480 e. The molecule has 0 radical (unpaired) electrons. The molecule has 1 aromatic carbocycles. The van der Waals surface area contributed by atoms with Crippen molar-refractivity contribution in [1.29, 1.82) is 0 Å². The Morgan fingerprint density at radius 3 is 2.60 bits per heavy atom. The zero-order valence-electron chi connectivity index (χ0n) is 11.7. The molecule has 110 valence electrons. The van der Waals surface area contributed by atoms with E-state index < -0.39 is 18.0 Å². The van der Waals surface area contributed by atoms with Crippen LogP contribution in [0.25, 0.3) is 0 Å². The fraction of sp³-hybridized carbons (Fsp3) is 0.429. The van der Waals surface area contributed by atoms with E-state index in [2.05, 4.69) is 10.6 Å². The molecule has 0 saturated carbocycles. The zero-order valence-corrected chi connectivity index (χ0v) is 12.5. The van der Waals surface area contributed by atoms with Crippen molar-refractivity contribution in [2.45, 2.75) is 33.2 Å². The highest BCUT2D eigenvalue weighted by Gasteiger charge is 2.25. The maximum atomic E-state index is 11.9. The molecule has 0 saturated heterocycles. The molecule has 2 amide bonds. The van der Waals surface area contributed by atoms with Crippen LogP contribution >= 0.6 is 11.6 Å². The molecule has 0 aliphatic heterocycles. The predicted octanol–water partition coefficient (Wildman–Crippen LogP) is 3.27. The van der Waals surface area contributed by atoms with Gasteiger partial charge in [-0.3, -0.25) is 0 Å². The molecule has 6 heteroatoms. The number of carboxylic acid groups (broad SMARTS) is 1. The van der Waals surface area contributed by atoms with Crippen molar-refractivity contribution in [3.05, 3.63) is 28.8 Å². The Labute approximate surface area is 123 Å². The van der Waals surface area contributed by atoms with Gasteiger partial charge >= 0.3 is 12.0 Å². The Morgan fingerprint density at radius 2 is 2.05 bits per heavy atom. The van der Waals surface area contributed by atoms with Crippen molar-refractivity contribution < 1.29 is 14.7 Å². The molecule has 0 aliphatic rings. The van der Waals surface area contributed by atoms with Crippen molar-refractivity contribution in [1.82, 2.24) is 5.32 Å². The van der Waals surface area contributed by atoms with Gasteiger partial charge in [0.15, 0.2) is 0 Å². The van der Waals surface area contributed by atoms with E-state index in [1.54, 1.807) is 25.1 Å². The van der Waals surface area contributed by atoms with Gasteiger partial charge in [0.05, 0.1) is 0 Å². The molecule has 0 aromatic heterocycles. The Hall–Kier alpha value is -1.75. The number of urea groups is 1. The quantitative estimate of drug-likeness (QED) is 0.780. The van der Waals surface area contributed by atoms with Gasteiger partial charge in [0.2, 0.25) is 0 Å². The number of anilines is 1. The van der Waals surface area contributed by atoms with E-state index >= 15 is 0 Å². The standard InChI is InChI=1S/C14H19ClN2O3/c1-4-8(2)12(13(18)19)17-14(20)16-11-7-10(15)6-5-9(11)3/h5-8,12H,4H2,1-3H3,(H,18,19)(H2,16,17,20)/t8-,12-/m0/s1. The Kier molecular flexibility index (Phi) is 5.82. The van der Waals surface area contributed by atoms with Gasteiger partial charge in [-0.1, -0.05) is 37.9 Å². The van der Waals surface area contributed by atoms with Crippen LogP contribution < -0.4 is 10.6 Å². The summed E-state index contributed by atoms with van der Waals surface area (Å²) in [5.41, 5.74) is 1.41. The van der Waals surface area contributed by atoms with E-state index in [4.69, 9.17) is 16.7 Å². The van der Waals surface area contributed by atoms with Gasteiger partial charge in [-0.2, -0.15) is 0 Å². The fourth-order valence-corrected chi connectivity index (χ4v) is 1.88. The van der Waals surface area contributed by atoms with Crippen LogP contribution in [0.4, 0.5) is 10.5 Å². The summed E-state index contributed by atoms with van der Waals surface area (Å²) < 4.78 is 0. The van der Waals surface area contributed by atoms with E-state index in [9.17, 15) is 9.59 Å². The molecular formula is C14H19ClN2O3. The summed E-state index contributed by atoms with van der Waals surface area (Å²) in [4.78, 5) is 23.0. The summed E-state index contributed by atoms with van der Waals surface area (Å²) in [5.74, 6) is -1.20. The average Bonchev–Trinajstić information content (AvgIpc) is 2.39. The number of rotatable bonds is 5. The Morgan fingerprint density at radius 1 is 1.40 bits per heavy atom. The summed E-state index contributed by atoms with van der Waals surface area (Å²) in [5, 5.41) is 14.7. The van der Waals surface area contributed by atoms with Crippen LogP contribution in [-0.4, -0.2) is 23.1 Å². The van der Waals surface area contributed by atoms with Crippen molar-refractivity contribution in [3.63, 3.8) is 0 Å². The molecule has 0 heterocycles. The average molecular weight is 299 g/mol. The smallest absolute Gasteiger partial charge is 0.326 e. The van der Waals surface area contributed by atoms with Crippen molar-refractivity contribution in [2.24, 2.45) is 5.92 Å². The summed E-state index contributed by atoms with van der Waals surface area (Å²) in [7, 11) is 0. The molecule has 1 rings (SSSR count). The first-order valence-corrected chi connectivity index (χ1v) is 6.79. The third-order valence-electron chi connectivity index (χ3n) is 3.21. The van der Waals surface area contributed by atoms with Crippen LogP contribution in [0.5, 0.6) is 0 Å². The van der Waals surface area contributed by atoms with Gasteiger partial charge < -0.3 is 15.7 Å². The van der Waals surface area contributed by atoms with E-state index in [1.807, 2.05) is 13.8 Å². The molecule has 5 nitrogen and oxygen atoms in total. The fourth-order valence-electron chi connectivity index (χ4n) is 1.71. The second kappa shape index (κ2) is 7.14. The molecular weight excluding hydrogens is 280 g/mol. The van der Waals surface area contributed by atoms with Crippen LogP contribution in [0.15, 0.2) is 18.2 Å². The number of hydrogen-bond acceptors (Lipinski definition) is 2. The lowest BCUT2D eigenvalue weighted by Gasteiger charge is -2.20. The number of aliphatic carboxylic acids is 1. The molecule has 0 bridgehead atoms. The molecule has 20 heavy (non-hydrogen) atoms. The number of carboxylic acids is 1. The third-order valence-corrected chi connectivity index (χ3v) is 3.45. The highest BCUT2D eigenvalue weighted by Crippen LogP contribution is 2.20. The molecule has 0 fully saturated rings. The normalized spacial score (nSPS) is 13.4. The lowest BCUT2D eigenvalue weighted by atomic mass is 9.99. The first kappa shape index (κ1) is 16.3. The summed E-state index contributed by atoms with van der Waals surface area (Å²) in [6.07, 6.45) is 0.660. The third kappa shape index (κ3) is 4.42. The van der Waals surface area contributed by atoms with Gasteiger partial charge in [0.25, 0.3) is 0 Å². The van der Waals surface area contributed by atoms with Gasteiger partial charge in [-0.15, -0.1) is 0 Å². The molecule has 1 aromatic rings. The van der Waals surface area contributed by atoms with E-state index in [0.29, 0.717) is 17.1 Å². The number of carbonyl (C=O) groups excluding carboxylic acids is 1. The lowest BCUT2D eigenvalue weighted by Crippen LogP contribution is -2.46. The van der Waals surface area contributed by atoms with Crippen LogP contribution in [0.3, 0.4) is 0 Å². The number of hydrogen-bond donors (Lipinski definition) is 3. The largest absolute Gasteiger partial charge is 0.480 e. The molecule has 0 aliphatic carbocycles. The van der Waals surface area contributed by atoms with E-state index in [0.717, 1.165) is 5.56 Å². The minimum absolute atomic E-state index is 0.154. The van der Waals surface area contributed by atoms with E-state index in [-0.39, 0.29) is 5.92 Å². The number of amides is 2. The number of aryl methyl sites for hydroxylation is 1. The van der Waals surface area contributed by atoms with Gasteiger partial charge in [0, 0.05) is 10.7 Å². The second-order valence-corrected chi connectivity index (χ2v) is 5.20. The zero-order chi connectivity index (χ0) is 15.3. The molecule has 3 N–H and O–H groups in total. The highest BCUT2D eigenvalue weighted by molar-refractivity contribution is 6.31. The molecule has 2 atom stereocenters. The monoisotopic (exact) mass is 298 g/mol. The SMILES string of the molecule is CC[C@H](C)[C@H](NC(=O)Nc1cc(Cl)ccc1C)C(=O)O. The van der Waals surface area contributed by atoms with Gasteiger partial charge in [0.1, 0.15) is 6.04 Å². The van der Waals surface area contributed by atoms with Crippen LogP contribution in [0.1, 0.15) is 25.8 Å². The maximum absolute atomic E-state index is 11.9. The molecule has 0 spiro atoms. The maximum Gasteiger partial charge on any atom is 0.326 e. The second-order valence-electron chi connectivity index (χ2n) is 4.76. The number of nitrogens with one attached hydrogen (secondary N) is 2. The van der Waals surface area contributed by atoms with Crippen molar-refractivity contribution >= 4 is 29.3 Å². The topological polar surface area (TPSA) is 78.4 Å². The van der Waals surface area contributed by atoms with Crippen molar-refractivity contribution in [2.75, 3.05) is 5.32 Å². The minimum atomic E-state index is -1.04. The van der Waals surface area contributed by atoms with Crippen LogP contribution in [0, 0.1) is 12.8 Å². The summed E-state index contributed by atoms with van der Waals surface area (Å²) in [6.45, 7) is 5.49. The van der Waals surface area contributed by atoms with Crippen molar-refractivity contribution in [3.8, 4) is 0 Å².